The van der Waals surface area contributed by atoms with Gasteiger partial charge in [0.15, 0.2) is 5.12 Å². The Kier molecular flexibility index (Phi) is 7.07. The number of carbonyl (C=O) groups is 3. The van der Waals surface area contributed by atoms with Gasteiger partial charge in [-0.25, -0.2) is 4.79 Å². The van der Waals surface area contributed by atoms with Crippen molar-refractivity contribution in [3.8, 4) is 0 Å². The highest BCUT2D eigenvalue weighted by atomic mass is 35.5. The number of non-ortho nitro benzene ring substituents is 1. The topological polar surface area (TPSA) is 107 Å². The second kappa shape index (κ2) is 9.73. The van der Waals surface area contributed by atoms with Gasteiger partial charge < -0.3 is 9.64 Å². The summed E-state index contributed by atoms with van der Waals surface area (Å²) in [6, 6.07) is 14.7. The van der Waals surface area contributed by atoms with Gasteiger partial charge in [-0.1, -0.05) is 53.7 Å². The highest BCUT2D eigenvalue weighted by Crippen LogP contribution is 2.34. The summed E-state index contributed by atoms with van der Waals surface area (Å²) < 4.78 is 5.12. The normalized spacial score (nSPS) is 16.5. The number of nitro groups is 1. The van der Waals surface area contributed by atoms with E-state index < -0.39 is 21.8 Å². The lowest BCUT2D eigenvalue weighted by atomic mass is 10.2. The fraction of sp³-hybridized carbons (Fsp3) is 0.250. The van der Waals surface area contributed by atoms with Gasteiger partial charge in [0.25, 0.3) is 5.69 Å². The van der Waals surface area contributed by atoms with Crippen LogP contribution in [0.4, 0.5) is 5.69 Å². The van der Waals surface area contributed by atoms with Gasteiger partial charge in [0.1, 0.15) is 6.61 Å². The summed E-state index contributed by atoms with van der Waals surface area (Å²) in [6.45, 7) is -0.146. The molecule has 2 atom stereocenters. The van der Waals surface area contributed by atoms with Gasteiger partial charge in [-0.15, -0.1) is 0 Å². The molecule has 0 N–H and O–H groups in total. The third-order valence-electron chi connectivity index (χ3n) is 4.37. The van der Waals surface area contributed by atoms with Crippen LogP contribution in [0.25, 0.3) is 0 Å². The highest BCUT2D eigenvalue weighted by molar-refractivity contribution is 8.14. The molecule has 1 saturated heterocycles. The maximum absolute atomic E-state index is 12.3. The molecule has 3 rings (SSSR count). The number of thioether (sulfide) groups is 1. The van der Waals surface area contributed by atoms with Gasteiger partial charge in [0.05, 0.1) is 16.7 Å². The number of rotatable bonds is 8. The quantitative estimate of drug-likeness (QED) is 0.152. The fourth-order valence-corrected chi connectivity index (χ4v) is 4.29. The van der Waals surface area contributed by atoms with Gasteiger partial charge >= 0.3 is 5.97 Å². The first-order valence-electron chi connectivity index (χ1n) is 8.94. The summed E-state index contributed by atoms with van der Waals surface area (Å²) in [5, 5.41) is 10.0. The Hall–Kier alpha value is -2.91. The number of hydrogen-bond acceptors (Lipinski definition) is 7. The Bertz CT molecular complexity index is 954. The van der Waals surface area contributed by atoms with Crippen molar-refractivity contribution >= 4 is 46.0 Å². The number of benzene rings is 2. The molecule has 2 aromatic rings. The van der Waals surface area contributed by atoms with Gasteiger partial charge in [0.2, 0.25) is 11.4 Å². The Morgan fingerprint density at radius 1 is 1.17 bits per heavy atom. The molecule has 0 bridgehead atoms. The van der Waals surface area contributed by atoms with E-state index in [0.717, 1.165) is 22.2 Å². The van der Waals surface area contributed by atoms with Crippen LogP contribution in [0.5, 0.6) is 0 Å². The molecule has 0 radical (unpaired) electrons. The summed E-state index contributed by atoms with van der Waals surface area (Å²) in [4.78, 5) is 47.7. The van der Waals surface area contributed by atoms with E-state index in [9.17, 15) is 24.5 Å². The Morgan fingerprint density at radius 2 is 1.83 bits per heavy atom. The minimum atomic E-state index is -1.36. The minimum absolute atomic E-state index is 0.0773. The Labute approximate surface area is 181 Å². The Morgan fingerprint density at radius 3 is 2.43 bits per heavy atom. The molecule has 1 unspecified atom stereocenters. The molecule has 0 aliphatic carbocycles. The van der Waals surface area contributed by atoms with E-state index >= 15 is 0 Å². The number of nitro benzene ring substituents is 1. The molecule has 156 valence electrons. The number of alkyl halides is 1. The van der Waals surface area contributed by atoms with Crippen molar-refractivity contribution in [3.63, 3.8) is 0 Å². The average molecular weight is 449 g/mol. The lowest BCUT2D eigenvalue weighted by Crippen LogP contribution is -2.57. The number of carbonyl (C=O) groups excluding carboxylic acids is 3. The summed E-state index contributed by atoms with van der Waals surface area (Å²) >= 11 is 7.08. The third kappa shape index (κ3) is 5.37. The van der Waals surface area contributed by atoms with E-state index in [4.69, 9.17) is 16.3 Å². The molecule has 10 heteroatoms. The third-order valence-corrected chi connectivity index (χ3v) is 5.83. The van der Waals surface area contributed by atoms with Crippen LogP contribution in [0.2, 0.25) is 0 Å². The molecule has 1 amide bonds. The smallest absolute Gasteiger partial charge is 0.345 e. The van der Waals surface area contributed by atoms with Crippen molar-refractivity contribution in [1.29, 1.82) is 0 Å². The number of hydrogen-bond donors (Lipinski definition) is 0. The van der Waals surface area contributed by atoms with Gasteiger partial charge in [0, 0.05) is 18.6 Å². The minimum Gasteiger partial charge on any atom is -0.458 e. The summed E-state index contributed by atoms with van der Waals surface area (Å²) in [5.41, 5.74) is -0.0355. The molecule has 2 aromatic carbocycles. The van der Waals surface area contributed by atoms with Crippen LogP contribution in [-0.2, 0) is 32.1 Å². The molecule has 1 aliphatic heterocycles. The molecule has 30 heavy (non-hydrogen) atoms. The number of amides is 1. The monoisotopic (exact) mass is 448 g/mol. The van der Waals surface area contributed by atoms with Crippen LogP contribution in [0.15, 0.2) is 54.6 Å². The number of nitrogens with zero attached hydrogens (tertiary/aromatic N) is 2. The molecule has 0 spiro atoms. The molecule has 8 nitrogen and oxygen atoms in total. The van der Waals surface area contributed by atoms with Crippen LogP contribution in [0.3, 0.4) is 0 Å². The Balaban J connectivity index is 1.51. The zero-order valence-corrected chi connectivity index (χ0v) is 17.2. The predicted molar refractivity (Wildman–Crippen MR) is 111 cm³/mol. The van der Waals surface area contributed by atoms with Crippen LogP contribution in [0, 0.1) is 10.1 Å². The van der Waals surface area contributed by atoms with Crippen LogP contribution >= 0.6 is 23.4 Å². The predicted octanol–water partition coefficient (Wildman–Crippen LogP) is 3.26. The first-order valence-corrected chi connectivity index (χ1v) is 10.3. The van der Waals surface area contributed by atoms with E-state index in [2.05, 4.69) is 0 Å². The maximum Gasteiger partial charge on any atom is 0.345 e. The summed E-state index contributed by atoms with van der Waals surface area (Å²) in [5.74, 6) is -1.17. The number of likely N-dealkylation sites (tertiary alicyclic amines) is 1. The molecular formula is C20H17ClN2O6S. The first-order chi connectivity index (χ1) is 14.3. The van der Waals surface area contributed by atoms with Crippen molar-refractivity contribution in [2.24, 2.45) is 0 Å². The van der Waals surface area contributed by atoms with Crippen molar-refractivity contribution in [2.75, 3.05) is 0 Å². The van der Waals surface area contributed by atoms with E-state index in [1.54, 1.807) is 0 Å². The van der Waals surface area contributed by atoms with Crippen LogP contribution in [-0.4, -0.2) is 37.7 Å². The second-order valence-electron chi connectivity index (χ2n) is 6.48. The van der Waals surface area contributed by atoms with Crippen molar-refractivity contribution in [3.05, 3.63) is 75.8 Å². The van der Waals surface area contributed by atoms with E-state index in [1.807, 2.05) is 30.3 Å². The number of halogens is 1. The standard InChI is InChI=1S/C20H17ClN2O6S/c21-19(20(26)29-12-14-6-8-15(9-7-14)23(27)28)22-16(24)11-17(22)30-18(25)10-13-4-2-1-3-5-13/h1-9,17,19H,10-12H2/t17-,19?/m0/s1. The SMILES string of the molecule is O=C(Cc1ccccc1)S[C@H]1CC(=O)N1C(Cl)C(=O)OCc1ccc([N+](=O)[O-])cc1. The van der Waals surface area contributed by atoms with E-state index in [0.29, 0.717) is 5.56 Å². The van der Waals surface area contributed by atoms with Crippen molar-refractivity contribution < 1.29 is 24.0 Å². The van der Waals surface area contributed by atoms with Gasteiger partial charge in [-0.3, -0.25) is 19.7 Å². The van der Waals surface area contributed by atoms with E-state index in [1.165, 1.54) is 24.3 Å². The lowest BCUT2D eigenvalue weighted by Gasteiger charge is -2.41. The van der Waals surface area contributed by atoms with Crippen molar-refractivity contribution in [1.82, 2.24) is 4.90 Å². The molecule has 1 heterocycles. The summed E-state index contributed by atoms with van der Waals surface area (Å²) in [6.07, 6.45) is 0.325. The van der Waals surface area contributed by atoms with Gasteiger partial charge in [-0.05, 0) is 23.3 Å². The zero-order valence-electron chi connectivity index (χ0n) is 15.6. The maximum atomic E-state index is 12.3. The fourth-order valence-electron chi connectivity index (χ4n) is 2.78. The highest BCUT2D eigenvalue weighted by Gasteiger charge is 2.45. The van der Waals surface area contributed by atoms with Crippen LogP contribution in [0.1, 0.15) is 17.5 Å². The van der Waals surface area contributed by atoms with Crippen LogP contribution < -0.4 is 0 Å². The summed E-state index contributed by atoms with van der Waals surface area (Å²) in [7, 11) is 0. The largest absolute Gasteiger partial charge is 0.458 e. The number of esters is 1. The van der Waals surface area contributed by atoms with Gasteiger partial charge in [-0.2, -0.15) is 0 Å². The average Bonchev–Trinajstić information content (AvgIpc) is 2.72. The molecular weight excluding hydrogens is 432 g/mol. The van der Waals surface area contributed by atoms with E-state index in [-0.39, 0.29) is 36.2 Å². The molecule has 1 fully saturated rings. The second-order valence-corrected chi connectivity index (χ2v) is 8.13. The molecule has 0 aromatic heterocycles. The lowest BCUT2D eigenvalue weighted by molar-refractivity contribution is -0.384. The number of ether oxygens (including phenoxy) is 1. The van der Waals surface area contributed by atoms with Crippen molar-refractivity contribution in [2.45, 2.75) is 30.3 Å². The number of β-lactam (4-membered cyclic amide) rings is 1. The molecule has 1 aliphatic rings. The first kappa shape index (κ1) is 21.8. The molecule has 0 saturated carbocycles. The zero-order chi connectivity index (χ0) is 21.7.